The first kappa shape index (κ1) is 15.1. The molecule has 0 unspecified atom stereocenters. The van der Waals surface area contributed by atoms with Gasteiger partial charge in [-0.05, 0) is 46.8 Å². The van der Waals surface area contributed by atoms with Crippen LogP contribution in [0.25, 0.3) is 11.4 Å². The van der Waals surface area contributed by atoms with Crippen molar-refractivity contribution in [3.63, 3.8) is 0 Å². The minimum Gasteiger partial charge on any atom is -0.280 e. The summed E-state index contributed by atoms with van der Waals surface area (Å²) in [5.74, 6) is 0.00793. The van der Waals surface area contributed by atoms with Crippen molar-refractivity contribution in [1.82, 2.24) is 20.2 Å². The predicted molar refractivity (Wildman–Crippen MR) is 81.4 cm³/mol. The van der Waals surface area contributed by atoms with Crippen LogP contribution >= 0.6 is 0 Å². The molecule has 0 aliphatic heterocycles. The van der Waals surface area contributed by atoms with Gasteiger partial charge in [0.25, 0.3) is 10.0 Å². The van der Waals surface area contributed by atoms with E-state index in [9.17, 15) is 12.8 Å². The van der Waals surface area contributed by atoms with Crippen LogP contribution in [-0.2, 0) is 17.1 Å². The number of aromatic nitrogens is 4. The van der Waals surface area contributed by atoms with Crippen molar-refractivity contribution in [2.75, 3.05) is 4.72 Å². The molecule has 3 rings (SSSR count). The Bertz CT molecular complexity index is 938. The molecule has 0 saturated carbocycles. The molecule has 1 N–H and O–H groups in total. The summed E-state index contributed by atoms with van der Waals surface area (Å²) in [5.41, 5.74) is 1.02. The second-order valence-corrected chi connectivity index (χ2v) is 6.45. The molecule has 23 heavy (non-hydrogen) atoms. The van der Waals surface area contributed by atoms with Crippen LogP contribution in [0.5, 0.6) is 0 Å². The molecule has 0 aliphatic carbocycles. The summed E-state index contributed by atoms with van der Waals surface area (Å²) < 4.78 is 41.4. The number of nitrogens with one attached hydrogen (secondary N) is 1. The van der Waals surface area contributed by atoms with Gasteiger partial charge in [0.1, 0.15) is 5.82 Å². The number of tetrazole rings is 1. The van der Waals surface area contributed by atoms with E-state index in [4.69, 9.17) is 0 Å². The lowest BCUT2D eigenvalue weighted by Crippen LogP contribution is -2.13. The van der Waals surface area contributed by atoms with Crippen molar-refractivity contribution in [2.24, 2.45) is 7.05 Å². The highest BCUT2D eigenvalue weighted by atomic mass is 32.2. The number of nitrogens with zero attached hydrogens (tertiary/aromatic N) is 4. The Morgan fingerprint density at radius 3 is 2.52 bits per heavy atom. The fourth-order valence-electron chi connectivity index (χ4n) is 2.02. The molecule has 0 aliphatic rings. The van der Waals surface area contributed by atoms with Gasteiger partial charge in [-0.3, -0.25) is 4.72 Å². The maximum absolute atomic E-state index is 12.9. The van der Waals surface area contributed by atoms with E-state index >= 15 is 0 Å². The highest BCUT2D eigenvalue weighted by Crippen LogP contribution is 2.22. The summed E-state index contributed by atoms with van der Waals surface area (Å²) in [6.07, 6.45) is 0. The largest absolute Gasteiger partial charge is 0.280 e. The van der Waals surface area contributed by atoms with Gasteiger partial charge in [0.15, 0.2) is 5.82 Å². The number of benzene rings is 2. The van der Waals surface area contributed by atoms with Crippen LogP contribution in [0.2, 0.25) is 0 Å². The van der Waals surface area contributed by atoms with Gasteiger partial charge in [0.05, 0.1) is 4.90 Å². The lowest BCUT2D eigenvalue weighted by atomic mass is 10.2. The lowest BCUT2D eigenvalue weighted by molar-refractivity contribution is 0.599. The van der Waals surface area contributed by atoms with Gasteiger partial charge in [-0.15, -0.1) is 5.10 Å². The molecule has 0 atom stereocenters. The number of anilines is 1. The molecular weight excluding hydrogens is 321 g/mol. The van der Waals surface area contributed by atoms with Gasteiger partial charge < -0.3 is 0 Å². The molecule has 2 aromatic carbocycles. The first-order valence-corrected chi connectivity index (χ1v) is 8.05. The van der Waals surface area contributed by atoms with Crippen LogP contribution in [-0.4, -0.2) is 28.6 Å². The fraction of sp³-hybridized carbons (Fsp3) is 0.0714. The normalized spacial score (nSPS) is 11.4. The zero-order chi connectivity index (χ0) is 16.4. The standard InChI is InChI=1S/C14H12FN5O2S/c1-20-14(16-18-19-20)10-3-2-4-12(9-10)17-23(21,22)13-7-5-11(15)6-8-13/h2-9,17H,1H3. The molecule has 1 heterocycles. The van der Waals surface area contributed by atoms with E-state index in [1.807, 2.05) is 0 Å². The Labute approximate surface area is 131 Å². The third-order valence-corrected chi connectivity index (χ3v) is 4.51. The molecule has 3 aromatic rings. The molecule has 0 fully saturated rings. The Kier molecular flexibility index (Phi) is 3.78. The van der Waals surface area contributed by atoms with Crippen molar-refractivity contribution in [2.45, 2.75) is 4.90 Å². The van der Waals surface area contributed by atoms with Crippen molar-refractivity contribution < 1.29 is 12.8 Å². The first-order chi connectivity index (χ1) is 11.0. The Hall–Kier alpha value is -2.81. The highest BCUT2D eigenvalue weighted by molar-refractivity contribution is 7.92. The van der Waals surface area contributed by atoms with Crippen LogP contribution in [0, 0.1) is 5.82 Å². The van der Waals surface area contributed by atoms with Gasteiger partial charge >= 0.3 is 0 Å². The van der Waals surface area contributed by atoms with Crippen LogP contribution < -0.4 is 4.72 Å². The molecule has 118 valence electrons. The molecule has 0 bridgehead atoms. The lowest BCUT2D eigenvalue weighted by Gasteiger charge is -2.09. The van der Waals surface area contributed by atoms with Gasteiger partial charge in [-0.2, -0.15) is 0 Å². The summed E-state index contributed by atoms with van der Waals surface area (Å²) in [5, 5.41) is 11.2. The van der Waals surface area contributed by atoms with Crippen molar-refractivity contribution in [3.05, 3.63) is 54.3 Å². The number of hydrogen-bond donors (Lipinski definition) is 1. The Morgan fingerprint density at radius 2 is 1.87 bits per heavy atom. The quantitative estimate of drug-likeness (QED) is 0.786. The molecule has 1 aromatic heterocycles. The van der Waals surface area contributed by atoms with E-state index in [0.29, 0.717) is 17.1 Å². The zero-order valence-corrected chi connectivity index (χ0v) is 12.8. The van der Waals surface area contributed by atoms with Crippen molar-refractivity contribution in [3.8, 4) is 11.4 Å². The molecule has 7 nitrogen and oxygen atoms in total. The zero-order valence-electron chi connectivity index (χ0n) is 12.0. The minimum atomic E-state index is -3.80. The van der Waals surface area contributed by atoms with Crippen LogP contribution in [0.3, 0.4) is 0 Å². The first-order valence-electron chi connectivity index (χ1n) is 6.57. The number of halogens is 1. The van der Waals surface area contributed by atoms with Crippen LogP contribution in [0.4, 0.5) is 10.1 Å². The summed E-state index contributed by atoms with van der Waals surface area (Å²) in [7, 11) is -2.12. The molecular formula is C14H12FN5O2S. The minimum absolute atomic E-state index is 0.0235. The maximum Gasteiger partial charge on any atom is 0.261 e. The van der Waals surface area contributed by atoms with E-state index < -0.39 is 15.8 Å². The second kappa shape index (κ2) is 5.76. The van der Waals surface area contributed by atoms with Crippen molar-refractivity contribution in [1.29, 1.82) is 0 Å². The smallest absolute Gasteiger partial charge is 0.261 e. The highest BCUT2D eigenvalue weighted by Gasteiger charge is 2.15. The number of aryl methyl sites for hydroxylation is 1. The van der Waals surface area contributed by atoms with Gasteiger partial charge in [0.2, 0.25) is 0 Å². The average Bonchev–Trinajstić information content (AvgIpc) is 2.94. The summed E-state index contributed by atoms with van der Waals surface area (Å²) in [6.45, 7) is 0. The Morgan fingerprint density at radius 1 is 1.13 bits per heavy atom. The number of sulfonamides is 1. The Balaban J connectivity index is 1.91. The summed E-state index contributed by atoms with van der Waals surface area (Å²) in [6, 6.07) is 11.3. The van der Waals surface area contributed by atoms with Gasteiger partial charge in [0, 0.05) is 18.3 Å². The van der Waals surface area contributed by atoms with E-state index in [2.05, 4.69) is 20.2 Å². The number of rotatable bonds is 4. The molecule has 0 radical (unpaired) electrons. The van der Waals surface area contributed by atoms with E-state index in [-0.39, 0.29) is 4.90 Å². The third-order valence-electron chi connectivity index (χ3n) is 3.12. The predicted octanol–water partition coefficient (Wildman–Crippen LogP) is 1.82. The van der Waals surface area contributed by atoms with Gasteiger partial charge in [-0.1, -0.05) is 12.1 Å². The van der Waals surface area contributed by atoms with E-state index in [0.717, 1.165) is 12.1 Å². The monoisotopic (exact) mass is 333 g/mol. The van der Waals surface area contributed by atoms with Gasteiger partial charge in [-0.25, -0.2) is 17.5 Å². The molecule has 9 heteroatoms. The summed E-state index contributed by atoms with van der Waals surface area (Å²) in [4.78, 5) is -0.0235. The SMILES string of the molecule is Cn1nnnc1-c1cccc(NS(=O)(=O)c2ccc(F)cc2)c1. The second-order valence-electron chi connectivity index (χ2n) is 4.77. The third kappa shape index (κ3) is 3.19. The summed E-state index contributed by atoms with van der Waals surface area (Å²) >= 11 is 0. The average molecular weight is 333 g/mol. The van der Waals surface area contributed by atoms with Crippen LogP contribution in [0.1, 0.15) is 0 Å². The van der Waals surface area contributed by atoms with E-state index in [1.54, 1.807) is 31.3 Å². The molecule has 0 amide bonds. The molecule has 0 saturated heterocycles. The van der Waals surface area contributed by atoms with E-state index in [1.165, 1.54) is 16.8 Å². The molecule has 0 spiro atoms. The number of hydrogen-bond acceptors (Lipinski definition) is 5. The van der Waals surface area contributed by atoms with Crippen molar-refractivity contribution >= 4 is 15.7 Å². The maximum atomic E-state index is 12.9. The fourth-order valence-corrected chi connectivity index (χ4v) is 3.07. The topological polar surface area (TPSA) is 89.8 Å². The van der Waals surface area contributed by atoms with Crippen LogP contribution in [0.15, 0.2) is 53.4 Å².